The molecule has 0 atom stereocenters. The van der Waals surface area contributed by atoms with Gasteiger partial charge in [0.2, 0.25) is 0 Å². The van der Waals surface area contributed by atoms with E-state index in [2.05, 4.69) is 53.2 Å². The fourth-order valence-electron chi connectivity index (χ4n) is 1.85. The molecule has 0 spiro atoms. The van der Waals surface area contributed by atoms with E-state index in [-0.39, 0.29) is 0 Å². The molecule has 0 aromatic heterocycles. The number of nitrogens with one attached hydrogen (secondary N) is 1. The molecular formula is C14H18N2. The first-order chi connectivity index (χ1) is 7.84. The Morgan fingerprint density at radius 2 is 2.12 bits per heavy atom. The summed E-state index contributed by atoms with van der Waals surface area (Å²) in [5, 5.41) is 3.34. The molecule has 1 aliphatic rings. The van der Waals surface area contributed by atoms with E-state index in [1.54, 1.807) is 0 Å². The summed E-state index contributed by atoms with van der Waals surface area (Å²) in [6, 6.07) is 8.36. The standard InChI is InChI=1S/C14H18N2/c1-13-4-2-5-14(12-13)6-3-9-16-10-7-15-8-11-16/h2,4-5,12,15H,7-11H2,1H3. The Balaban J connectivity index is 1.89. The third kappa shape index (κ3) is 3.37. The molecule has 1 N–H and O–H groups in total. The quantitative estimate of drug-likeness (QED) is 0.708. The lowest BCUT2D eigenvalue weighted by Crippen LogP contribution is -2.43. The Kier molecular flexibility index (Phi) is 3.98. The minimum Gasteiger partial charge on any atom is -0.314 e. The number of benzene rings is 1. The largest absolute Gasteiger partial charge is 0.314 e. The summed E-state index contributed by atoms with van der Waals surface area (Å²) < 4.78 is 0. The van der Waals surface area contributed by atoms with Gasteiger partial charge >= 0.3 is 0 Å². The molecule has 1 aromatic rings. The molecule has 16 heavy (non-hydrogen) atoms. The Bertz CT molecular complexity index is 395. The van der Waals surface area contributed by atoms with Crippen LogP contribution in [-0.4, -0.2) is 37.6 Å². The van der Waals surface area contributed by atoms with E-state index in [9.17, 15) is 0 Å². The topological polar surface area (TPSA) is 15.3 Å². The highest BCUT2D eigenvalue weighted by Crippen LogP contribution is 2.01. The number of hydrogen-bond donors (Lipinski definition) is 1. The van der Waals surface area contributed by atoms with E-state index in [1.165, 1.54) is 5.56 Å². The van der Waals surface area contributed by atoms with Gasteiger partial charge in [-0.05, 0) is 24.6 Å². The zero-order valence-electron chi connectivity index (χ0n) is 9.79. The van der Waals surface area contributed by atoms with E-state index >= 15 is 0 Å². The van der Waals surface area contributed by atoms with Crippen molar-refractivity contribution < 1.29 is 0 Å². The first-order valence-corrected chi connectivity index (χ1v) is 5.83. The Morgan fingerprint density at radius 3 is 2.88 bits per heavy atom. The molecule has 0 amide bonds. The van der Waals surface area contributed by atoms with Gasteiger partial charge in [0.15, 0.2) is 0 Å². The van der Waals surface area contributed by atoms with Gasteiger partial charge in [-0.1, -0.05) is 24.0 Å². The van der Waals surface area contributed by atoms with Gasteiger partial charge in [0.25, 0.3) is 0 Å². The molecule has 0 aliphatic carbocycles. The van der Waals surface area contributed by atoms with Crippen LogP contribution in [0, 0.1) is 18.8 Å². The van der Waals surface area contributed by atoms with Crippen LogP contribution < -0.4 is 5.32 Å². The number of hydrogen-bond acceptors (Lipinski definition) is 2. The van der Waals surface area contributed by atoms with Crippen molar-refractivity contribution in [3.05, 3.63) is 35.4 Å². The van der Waals surface area contributed by atoms with Gasteiger partial charge in [0.05, 0.1) is 6.54 Å². The molecule has 0 radical (unpaired) electrons. The molecule has 0 unspecified atom stereocenters. The maximum Gasteiger partial charge on any atom is 0.0606 e. The number of rotatable bonds is 1. The van der Waals surface area contributed by atoms with Crippen molar-refractivity contribution >= 4 is 0 Å². The lowest BCUT2D eigenvalue weighted by Gasteiger charge is -2.24. The van der Waals surface area contributed by atoms with Crippen molar-refractivity contribution in [3.63, 3.8) is 0 Å². The van der Waals surface area contributed by atoms with E-state index in [1.807, 2.05) is 0 Å². The SMILES string of the molecule is Cc1cccc(C#CCN2CCNCC2)c1. The average Bonchev–Trinajstić information content (AvgIpc) is 2.30. The molecule has 1 aromatic carbocycles. The van der Waals surface area contributed by atoms with Crippen LogP contribution in [0.5, 0.6) is 0 Å². The van der Waals surface area contributed by atoms with Crippen LogP contribution in [0.2, 0.25) is 0 Å². The number of piperazine rings is 1. The highest BCUT2D eigenvalue weighted by atomic mass is 15.2. The maximum atomic E-state index is 3.34. The predicted octanol–water partition coefficient (Wildman–Crippen LogP) is 1.25. The summed E-state index contributed by atoms with van der Waals surface area (Å²) >= 11 is 0. The molecule has 2 nitrogen and oxygen atoms in total. The molecule has 2 rings (SSSR count). The van der Waals surface area contributed by atoms with Crippen LogP contribution in [0.15, 0.2) is 24.3 Å². The molecule has 0 saturated carbocycles. The lowest BCUT2D eigenvalue weighted by atomic mass is 10.1. The maximum absolute atomic E-state index is 3.34. The van der Waals surface area contributed by atoms with E-state index < -0.39 is 0 Å². The zero-order valence-corrected chi connectivity index (χ0v) is 9.79. The second-order valence-electron chi connectivity index (χ2n) is 4.20. The van der Waals surface area contributed by atoms with E-state index in [4.69, 9.17) is 0 Å². The summed E-state index contributed by atoms with van der Waals surface area (Å²) in [6.45, 7) is 7.39. The van der Waals surface area contributed by atoms with Crippen LogP contribution in [0.3, 0.4) is 0 Å². The smallest absolute Gasteiger partial charge is 0.0606 e. The van der Waals surface area contributed by atoms with Crippen LogP contribution in [0.1, 0.15) is 11.1 Å². The minimum atomic E-state index is 0.885. The Morgan fingerprint density at radius 1 is 1.31 bits per heavy atom. The molecule has 1 saturated heterocycles. The van der Waals surface area contributed by atoms with Gasteiger partial charge < -0.3 is 5.32 Å². The second kappa shape index (κ2) is 5.69. The fraction of sp³-hybridized carbons (Fsp3) is 0.429. The predicted molar refractivity (Wildman–Crippen MR) is 67.4 cm³/mol. The molecule has 2 heteroatoms. The van der Waals surface area contributed by atoms with Crippen LogP contribution in [-0.2, 0) is 0 Å². The summed E-state index contributed by atoms with van der Waals surface area (Å²) in [5.41, 5.74) is 2.39. The summed E-state index contributed by atoms with van der Waals surface area (Å²) in [4.78, 5) is 2.39. The van der Waals surface area contributed by atoms with Gasteiger partial charge in [-0.25, -0.2) is 0 Å². The molecule has 1 fully saturated rings. The highest BCUT2D eigenvalue weighted by Gasteiger charge is 2.06. The van der Waals surface area contributed by atoms with Gasteiger partial charge in [0.1, 0.15) is 0 Å². The Hall–Kier alpha value is -1.30. The van der Waals surface area contributed by atoms with Crippen molar-refractivity contribution in [1.29, 1.82) is 0 Å². The Labute approximate surface area is 97.7 Å². The van der Waals surface area contributed by atoms with Gasteiger partial charge in [-0.15, -0.1) is 0 Å². The summed E-state index contributed by atoms with van der Waals surface area (Å²) in [7, 11) is 0. The second-order valence-corrected chi connectivity index (χ2v) is 4.20. The molecule has 1 heterocycles. The van der Waals surface area contributed by atoms with E-state index in [0.29, 0.717) is 0 Å². The van der Waals surface area contributed by atoms with Crippen molar-refractivity contribution in [1.82, 2.24) is 10.2 Å². The molecule has 84 valence electrons. The number of nitrogens with zero attached hydrogens (tertiary/aromatic N) is 1. The van der Waals surface area contributed by atoms with E-state index in [0.717, 1.165) is 38.3 Å². The van der Waals surface area contributed by atoms with Crippen LogP contribution in [0.25, 0.3) is 0 Å². The molecule has 1 aliphatic heterocycles. The third-order valence-electron chi connectivity index (χ3n) is 2.76. The summed E-state index contributed by atoms with van der Waals surface area (Å²) in [5.74, 6) is 6.47. The van der Waals surface area contributed by atoms with Crippen molar-refractivity contribution in [2.45, 2.75) is 6.92 Å². The average molecular weight is 214 g/mol. The first kappa shape index (κ1) is 11.2. The van der Waals surface area contributed by atoms with Crippen LogP contribution in [0.4, 0.5) is 0 Å². The lowest BCUT2D eigenvalue weighted by molar-refractivity contribution is 0.268. The first-order valence-electron chi connectivity index (χ1n) is 5.83. The zero-order chi connectivity index (χ0) is 11.2. The van der Waals surface area contributed by atoms with Gasteiger partial charge in [-0.3, -0.25) is 4.90 Å². The van der Waals surface area contributed by atoms with Crippen LogP contribution >= 0.6 is 0 Å². The normalized spacial score (nSPS) is 16.6. The fourth-order valence-corrected chi connectivity index (χ4v) is 1.85. The van der Waals surface area contributed by atoms with Gasteiger partial charge in [0, 0.05) is 31.7 Å². The van der Waals surface area contributed by atoms with Crippen molar-refractivity contribution in [3.8, 4) is 11.8 Å². The number of aryl methyl sites for hydroxylation is 1. The van der Waals surface area contributed by atoms with Crippen molar-refractivity contribution in [2.24, 2.45) is 0 Å². The molecular weight excluding hydrogens is 196 g/mol. The minimum absolute atomic E-state index is 0.885. The molecule has 0 bridgehead atoms. The van der Waals surface area contributed by atoms with Gasteiger partial charge in [-0.2, -0.15) is 0 Å². The third-order valence-corrected chi connectivity index (χ3v) is 2.76. The monoisotopic (exact) mass is 214 g/mol. The van der Waals surface area contributed by atoms with Crippen molar-refractivity contribution in [2.75, 3.05) is 32.7 Å². The highest BCUT2D eigenvalue weighted by molar-refractivity contribution is 5.36. The summed E-state index contributed by atoms with van der Waals surface area (Å²) in [6.07, 6.45) is 0.